The molecule has 26 heavy (non-hydrogen) atoms. The standard InChI is InChI=1S/C19H22N4O3/c24-18(13-8-9-26-12-13)21-10-15-6-7-17-20-11-16(23(15)17)19(25)22-14-4-2-1-3-5-14/h1-5,11,13,15H,6-10,12H2,(H,21,24)(H,22,25). The van der Waals surface area contributed by atoms with Crippen LogP contribution in [0.15, 0.2) is 36.5 Å². The topological polar surface area (TPSA) is 85.3 Å². The third-order valence-corrected chi connectivity index (χ3v) is 5.02. The Balaban J connectivity index is 1.43. The number of ether oxygens (including phenoxy) is 1. The second kappa shape index (κ2) is 7.29. The number of carbonyl (C=O) groups is 2. The number of carbonyl (C=O) groups excluding carboxylic acids is 2. The largest absolute Gasteiger partial charge is 0.381 e. The van der Waals surface area contributed by atoms with E-state index in [1.54, 1.807) is 6.20 Å². The van der Waals surface area contributed by atoms with E-state index in [9.17, 15) is 9.59 Å². The summed E-state index contributed by atoms with van der Waals surface area (Å²) >= 11 is 0. The molecule has 1 aromatic heterocycles. The van der Waals surface area contributed by atoms with E-state index in [0.717, 1.165) is 30.8 Å². The average Bonchev–Trinajstić information content (AvgIpc) is 3.38. The third-order valence-electron chi connectivity index (χ3n) is 5.02. The van der Waals surface area contributed by atoms with Gasteiger partial charge in [-0.15, -0.1) is 0 Å². The maximum Gasteiger partial charge on any atom is 0.273 e. The molecule has 2 atom stereocenters. The molecule has 0 bridgehead atoms. The van der Waals surface area contributed by atoms with Crippen LogP contribution in [0, 0.1) is 5.92 Å². The van der Waals surface area contributed by atoms with Gasteiger partial charge in [-0.25, -0.2) is 4.98 Å². The molecule has 2 aliphatic rings. The van der Waals surface area contributed by atoms with Crippen LogP contribution >= 0.6 is 0 Å². The van der Waals surface area contributed by atoms with Crippen LogP contribution in [-0.4, -0.2) is 41.1 Å². The van der Waals surface area contributed by atoms with Crippen molar-refractivity contribution >= 4 is 17.5 Å². The summed E-state index contributed by atoms with van der Waals surface area (Å²) in [5.41, 5.74) is 1.28. The molecule has 0 radical (unpaired) electrons. The first kappa shape index (κ1) is 16.8. The maximum absolute atomic E-state index is 12.7. The Labute approximate surface area is 151 Å². The Morgan fingerprint density at radius 3 is 2.85 bits per heavy atom. The van der Waals surface area contributed by atoms with Crippen molar-refractivity contribution in [2.24, 2.45) is 5.92 Å². The van der Waals surface area contributed by atoms with Gasteiger partial charge < -0.3 is 19.9 Å². The van der Waals surface area contributed by atoms with Crippen LogP contribution < -0.4 is 10.6 Å². The molecule has 136 valence electrons. The molecule has 4 rings (SSSR count). The molecule has 2 unspecified atom stereocenters. The van der Waals surface area contributed by atoms with Gasteiger partial charge in [-0.2, -0.15) is 0 Å². The highest BCUT2D eigenvalue weighted by Gasteiger charge is 2.30. The van der Waals surface area contributed by atoms with Crippen molar-refractivity contribution in [1.82, 2.24) is 14.9 Å². The lowest BCUT2D eigenvalue weighted by atomic mass is 10.1. The van der Waals surface area contributed by atoms with Crippen LogP contribution in [0.1, 0.15) is 35.2 Å². The second-order valence-electron chi connectivity index (χ2n) is 6.75. The fraction of sp³-hybridized carbons (Fsp3) is 0.421. The van der Waals surface area contributed by atoms with Gasteiger partial charge in [0.1, 0.15) is 11.5 Å². The zero-order chi connectivity index (χ0) is 17.9. The number of para-hydroxylation sites is 1. The summed E-state index contributed by atoms with van der Waals surface area (Å²) < 4.78 is 7.23. The highest BCUT2D eigenvalue weighted by atomic mass is 16.5. The highest BCUT2D eigenvalue weighted by molar-refractivity contribution is 6.03. The molecule has 0 aliphatic carbocycles. The Hall–Kier alpha value is -2.67. The van der Waals surface area contributed by atoms with Crippen molar-refractivity contribution < 1.29 is 14.3 Å². The lowest BCUT2D eigenvalue weighted by Gasteiger charge is -2.18. The number of aromatic nitrogens is 2. The molecule has 2 amide bonds. The van der Waals surface area contributed by atoms with E-state index in [4.69, 9.17) is 4.74 Å². The monoisotopic (exact) mass is 354 g/mol. The Morgan fingerprint density at radius 2 is 2.08 bits per heavy atom. The molecule has 3 heterocycles. The molecule has 1 fully saturated rings. The Morgan fingerprint density at radius 1 is 1.23 bits per heavy atom. The van der Waals surface area contributed by atoms with E-state index in [2.05, 4.69) is 15.6 Å². The van der Waals surface area contributed by atoms with Gasteiger partial charge in [-0.05, 0) is 25.0 Å². The van der Waals surface area contributed by atoms with Gasteiger partial charge in [0.25, 0.3) is 5.91 Å². The number of anilines is 1. The van der Waals surface area contributed by atoms with Crippen LogP contribution in [0.4, 0.5) is 5.69 Å². The molecule has 2 N–H and O–H groups in total. The van der Waals surface area contributed by atoms with E-state index in [0.29, 0.717) is 25.5 Å². The number of benzene rings is 1. The van der Waals surface area contributed by atoms with Crippen LogP contribution in [-0.2, 0) is 16.0 Å². The number of aryl methyl sites for hydroxylation is 1. The molecule has 7 heteroatoms. The molecule has 2 aromatic rings. The molecule has 2 aliphatic heterocycles. The average molecular weight is 354 g/mol. The maximum atomic E-state index is 12.7. The molecule has 1 aromatic carbocycles. The number of hydrogen-bond acceptors (Lipinski definition) is 4. The minimum atomic E-state index is -0.183. The summed E-state index contributed by atoms with van der Waals surface area (Å²) in [6.07, 6.45) is 4.08. The number of amides is 2. The SMILES string of the molecule is O=C(Nc1ccccc1)c1cnc2n1C(CNC(=O)C1CCOC1)CC2. The number of rotatable bonds is 5. The van der Waals surface area contributed by atoms with Crippen LogP contribution in [0.5, 0.6) is 0 Å². The van der Waals surface area contributed by atoms with Crippen molar-refractivity contribution in [2.45, 2.75) is 25.3 Å². The zero-order valence-corrected chi connectivity index (χ0v) is 14.5. The first-order chi connectivity index (χ1) is 12.7. The predicted octanol–water partition coefficient (Wildman–Crippen LogP) is 1.78. The molecule has 7 nitrogen and oxygen atoms in total. The lowest BCUT2D eigenvalue weighted by molar-refractivity contribution is -0.125. The van der Waals surface area contributed by atoms with Gasteiger partial charge >= 0.3 is 0 Å². The minimum absolute atomic E-state index is 0.0337. The summed E-state index contributed by atoms with van der Waals surface area (Å²) in [5.74, 6) is 0.690. The van der Waals surface area contributed by atoms with Crippen molar-refractivity contribution in [2.75, 3.05) is 25.1 Å². The van der Waals surface area contributed by atoms with Crippen LogP contribution in [0.2, 0.25) is 0 Å². The van der Waals surface area contributed by atoms with Crippen LogP contribution in [0.25, 0.3) is 0 Å². The molecule has 1 saturated heterocycles. The van der Waals surface area contributed by atoms with Gasteiger partial charge in [0.05, 0.1) is 24.8 Å². The molecular formula is C19H22N4O3. The summed E-state index contributed by atoms with van der Waals surface area (Å²) in [5, 5.41) is 5.91. The number of nitrogens with zero attached hydrogens (tertiary/aromatic N) is 2. The summed E-state index contributed by atoms with van der Waals surface area (Å²) in [6, 6.07) is 9.40. The van der Waals surface area contributed by atoms with Crippen molar-refractivity contribution in [3.05, 3.63) is 48.0 Å². The summed E-state index contributed by atoms with van der Waals surface area (Å²) in [4.78, 5) is 29.3. The fourth-order valence-corrected chi connectivity index (χ4v) is 3.60. The zero-order valence-electron chi connectivity index (χ0n) is 14.5. The second-order valence-corrected chi connectivity index (χ2v) is 6.75. The van der Waals surface area contributed by atoms with E-state index < -0.39 is 0 Å². The quantitative estimate of drug-likeness (QED) is 0.857. The fourth-order valence-electron chi connectivity index (χ4n) is 3.60. The van der Waals surface area contributed by atoms with Gasteiger partial charge in [-0.1, -0.05) is 18.2 Å². The van der Waals surface area contributed by atoms with E-state index >= 15 is 0 Å². The number of imidazole rings is 1. The smallest absolute Gasteiger partial charge is 0.273 e. The van der Waals surface area contributed by atoms with Gasteiger partial charge in [0.15, 0.2) is 0 Å². The third kappa shape index (κ3) is 3.35. The predicted molar refractivity (Wildman–Crippen MR) is 95.9 cm³/mol. The minimum Gasteiger partial charge on any atom is -0.381 e. The van der Waals surface area contributed by atoms with E-state index in [1.807, 2.05) is 34.9 Å². The first-order valence-corrected chi connectivity index (χ1v) is 9.00. The van der Waals surface area contributed by atoms with Crippen LogP contribution in [0.3, 0.4) is 0 Å². The Bertz CT molecular complexity index is 796. The molecule has 0 spiro atoms. The summed E-state index contributed by atoms with van der Waals surface area (Å²) in [7, 11) is 0. The van der Waals surface area contributed by atoms with E-state index in [-0.39, 0.29) is 23.8 Å². The lowest BCUT2D eigenvalue weighted by Crippen LogP contribution is -2.35. The Kier molecular flexibility index (Phi) is 4.71. The van der Waals surface area contributed by atoms with E-state index in [1.165, 1.54) is 0 Å². The molecule has 0 saturated carbocycles. The highest BCUT2D eigenvalue weighted by Crippen LogP contribution is 2.27. The van der Waals surface area contributed by atoms with Gasteiger partial charge in [0.2, 0.25) is 5.91 Å². The first-order valence-electron chi connectivity index (χ1n) is 9.00. The number of hydrogen-bond donors (Lipinski definition) is 2. The van der Waals surface area contributed by atoms with Gasteiger partial charge in [0, 0.05) is 25.3 Å². The number of nitrogens with one attached hydrogen (secondary N) is 2. The number of fused-ring (bicyclic) bond motifs is 1. The van der Waals surface area contributed by atoms with Gasteiger partial charge in [-0.3, -0.25) is 9.59 Å². The normalized spacial score (nSPS) is 21.4. The summed E-state index contributed by atoms with van der Waals surface area (Å²) in [6.45, 7) is 1.65. The molecular weight excluding hydrogens is 332 g/mol. The van der Waals surface area contributed by atoms with Crippen molar-refractivity contribution in [3.63, 3.8) is 0 Å². The van der Waals surface area contributed by atoms with Crippen molar-refractivity contribution in [1.29, 1.82) is 0 Å². The van der Waals surface area contributed by atoms with Crippen molar-refractivity contribution in [3.8, 4) is 0 Å².